The minimum atomic E-state index is 0.550. The van der Waals surface area contributed by atoms with Gasteiger partial charge in [-0.15, -0.1) is 0 Å². The van der Waals surface area contributed by atoms with E-state index in [4.69, 9.17) is 0 Å². The smallest absolute Gasteiger partial charge is 0.124 e. The molecule has 1 rings (SSSR count). The third-order valence-corrected chi connectivity index (χ3v) is 3.10. The molecule has 1 heterocycles. The van der Waals surface area contributed by atoms with Gasteiger partial charge in [0.15, 0.2) is 0 Å². The van der Waals surface area contributed by atoms with Crippen LogP contribution in [-0.4, -0.2) is 30.8 Å². The summed E-state index contributed by atoms with van der Waals surface area (Å²) in [6.07, 6.45) is 5.10. The number of allylic oxidation sites excluding steroid dienone is 1. The van der Waals surface area contributed by atoms with E-state index in [0.29, 0.717) is 6.42 Å². The summed E-state index contributed by atoms with van der Waals surface area (Å²) in [7, 11) is 0. The molecule has 0 bridgehead atoms. The summed E-state index contributed by atoms with van der Waals surface area (Å²) in [5.74, 6) is 0.769. The largest absolute Gasteiger partial charge is 0.304 e. The summed E-state index contributed by atoms with van der Waals surface area (Å²) in [6.45, 7) is 9.75. The van der Waals surface area contributed by atoms with E-state index in [0.717, 1.165) is 24.2 Å². The minimum absolute atomic E-state index is 0.550. The van der Waals surface area contributed by atoms with E-state index in [1.807, 2.05) is 0 Å². The van der Waals surface area contributed by atoms with Gasteiger partial charge in [0.2, 0.25) is 0 Å². The van der Waals surface area contributed by atoms with Gasteiger partial charge in [0.25, 0.3) is 0 Å². The Morgan fingerprint density at radius 1 is 1.50 bits per heavy atom. The number of hydrogen-bond acceptors (Lipinski definition) is 2. The van der Waals surface area contributed by atoms with Crippen molar-refractivity contribution >= 4 is 6.29 Å². The van der Waals surface area contributed by atoms with Crippen LogP contribution in [0.4, 0.5) is 0 Å². The maximum Gasteiger partial charge on any atom is 0.124 e. The topological polar surface area (TPSA) is 20.3 Å². The van der Waals surface area contributed by atoms with Gasteiger partial charge in [0.1, 0.15) is 6.29 Å². The Morgan fingerprint density at radius 2 is 2.14 bits per heavy atom. The van der Waals surface area contributed by atoms with Crippen LogP contribution in [0, 0.1) is 5.92 Å². The van der Waals surface area contributed by atoms with Crippen molar-refractivity contribution in [1.82, 2.24) is 4.90 Å². The zero-order chi connectivity index (χ0) is 10.4. The van der Waals surface area contributed by atoms with E-state index < -0.39 is 0 Å². The van der Waals surface area contributed by atoms with Crippen LogP contribution in [-0.2, 0) is 4.79 Å². The van der Waals surface area contributed by atoms with Crippen molar-refractivity contribution in [2.45, 2.75) is 32.6 Å². The van der Waals surface area contributed by atoms with Crippen LogP contribution in [0.2, 0.25) is 0 Å². The molecular formula is C12H21NO. The molecule has 14 heavy (non-hydrogen) atoms. The van der Waals surface area contributed by atoms with Gasteiger partial charge in [-0.25, -0.2) is 0 Å². The van der Waals surface area contributed by atoms with Gasteiger partial charge in [-0.2, -0.15) is 0 Å². The number of rotatable bonds is 5. The van der Waals surface area contributed by atoms with Gasteiger partial charge in [-0.1, -0.05) is 19.1 Å². The highest BCUT2D eigenvalue weighted by Gasteiger charge is 2.18. The second-order valence-corrected chi connectivity index (χ2v) is 4.20. The Labute approximate surface area is 87.0 Å². The second kappa shape index (κ2) is 5.97. The molecular weight excluding hydrogens is 174 g/mol. The number of likely N-dealkylation sites (tertiary alicyclic amines) is 1. The number of nitrogens with zero attached hydrogens (tertiary/aromatic N) is 1. The number of carbonyl (C=O) groups excluding carboxylic acids is 1. The molecule has 0 aliphatic carbocycles. The molecule has 1 aliphatic heterocycles. The molecule has 0 spiro atoms. The SMILES string of the molecule is C=C(CC=O)CC1CCN(CC)CC1. The summed E-state index contributed by atoms with van der Waals surface area (Å²) in [5.41, 5.74) is 1.11. The van der Waals surface area contributed by atoms with Crippen LogP contribution in [0.15, 0.2) is 12.2 Å². The Balaban J connectivity index is 2.21. The first kappa shape index (κ1) is 11.4. The second-order valence-electron chi connectivity index (χ2n) is 4.20. The molecule has 0 radical (unpaired) electrons. The molecule has 1 aliphatic rings. The molecule has 1 saturated heterocycles. The quantitative estimate of drug-likeness (QED) is 0.495. The van der Waals surface area contributed by atoms with Crippen LogP contribution in [0.1, 0.15) is 32.6 Å². The molecule has 0 N–H and O–H groups in total. The number of carbonyl (C=O) groups is 1. The molecule has 0 unspecified atom stereocenters. The van der Waals surface area contributed by atoms with Crippen LogP contribution >= 0.6 is 0 Å². The Kier molecular flexibility index (Phi) is 4.88. The van der Waals surface area contributed by atoms with Crippen molar-refractivity contribution in [3.05, 3.63) is 12.2 Å². The fourth-order valence-corrected chi connectivity index (χ4v) is 2.12. The van der Waals surface area contributed by atoms with E-state index in [9.17, 15) is 4.79 Å². The molecule has 80 valence electrons. The summed E-state index contributed by atoms with van der Waals surface area (Å²) >= 11 is 0. The lowest BCUT2D eigenvalue weighted by Crippen LogP contribution is -2.33. The molecule has 0 atom stereocenters. The Hall–Kier alpha value is -0.630. The summed E-state index contributed by atoms with van der Waals surface area (Å²) in [6, 6.07) is 0. The van der Waals surface area contributed by atoms with Gasteiger partial charge < -0.3 is 9.69 Å². The number of aldehydes is 1. The van der Waals surface area contributed by atoms with Gasteiger partial charge >= 0.3 is 0 Å². The average molecular weight is 195 g/mol. The molecule has 2 heteroatoms. The molecule has 0 aromatic heterocycles. The lowest BCUT2D eigenvalue weighted by molar-refractivity contribution is -0.107. The Bertz CT molecular complexity index is 192. The van der Waals surface area contributed by atoms with Crippen molar-refractivity contribution in [2.75, 3.05) is 19.6 Å². The molecule has 1 fully saturated rings. The normalized spacial score (nSPS) is 19.5. The maximum atomic E-state index is 10.3. The highest BCUT2D eigenvalue weighted by molar-refractivity contribution is 5.53. The van der Waals surface area contributed by atoms with Crippen molar-refractivity contribution in [1.29, 1.82) is 0 Å². The van der Waals surface area contributed by atoms with E-state index in [1.54, 1.807) is 0 Å². The van der Waals surface area contributed by atoms with Gasteiger partial charge in [0, 0.05) is 6.42 Å². The van der Waals surface area contributed by atoms with Gasteiger partial charge in [-0.3, -0.25) is 0 Å². The third-order valence-electron chi connectivity index (χ3n) is 3.10. The van der Waals surface area contributed by atoms with Crippen molar-refractivity contribution in [2.24, 2.45) is 5.92 Å². The van der Waals surface area contributed by atoms with Crippen LogP contribution in [0.5, 0.6) is 0 Å². The highest BCUT2D eigenvalue weighted by Crippen LogP contribution is 2.23. The predicted octanol–water partition coefficient (Wildman–Crippen LogP) is 2.25. The first-order valence-corrected chi connectivity index (χ1v) is 5.59. The highest BCUT2D eigenvalue weighted by atomic mass is 16.1. The number of piperidine rings is 1. The first-order valence-electron chi connectivity index (χ1n) is 5.59. The maximum absolute atomic E-state index is 10.3. The van der Waals surface area contributed by atoms with Crippen LogP contribution in [0.3, 0.4) is 0 Å². The average Bonchev–Trinajstić information content (AvgIpc) is 2.19. The zero-order valence-corrected chi connectivity index (χ0v) is 9.17. The number of hydrogen-bond donors (Lipinski definition) is 0. The van der Waals surface area contributed by atoms with E-state index in [-0.39, 0.29) is 0 Å². The van der Waals surface area contributed by atoms with Crippen molar-refractivity contribution in [3.8, 4) is 0 Å². The molecule has 0 amide bonds. The summed E-state index contributed by atoms with van der Waals surface area (Å²) in [5, 5.41) is 0. The van der Waals surface area contributed by atoms with E-state index >= 15 is 0 Å². The fraction of sp³-hybridized carbons (Fsp3) is 0.750. The van der Waals surface area contributed by atoms with Crippen molar-refractivity contribution in [3.63, 3.8) is 0 Å². The lowest BCUT2D eigenvalue weighted by atomic mass is 9.90. The van der Waals surface area contributed by atoms with Gasteiger partial charge in [-0.05, 0) is 44.8 Å². The van der Waals surface area contributed by atoms with E-state index in [1.165, 1.54) is 32.5 Å². The van der Waals surface area contributed by atoms with Gasteiger partial charge in [0.05, 0.1) is 0 Å². The summed E-state index contributed by atoms with van der Waals surface area (Å²) < 4.78 is 0. The Morgan fingerprint density at radius 3 is 2.64 bits per heavy atom. The summed E-state index contributed by atoms with van der Waals surface area (Å²) in [4.78, 5) is 12.8. The first-order chi connectivity index (χ1) is 6.76. The third kappa shape index (κ3) is 3.62. The van der Waals surface area contributed by atoms with Crippen LogP contribution in [0.25, 0.3) is 0 Å². The van der Waals surface area contributed by atoms with Crippen molar-refractivity contribution < 1.29 is 4.79 Å². The standard InChI is InChI=1S/C12H21NO/c1-3-13-7-4-12(5-8-13)10-11(2)6-9-14/h9,12H,2-8,10H2,1H3. The molecule has 0 aromatic carbocycles. The predicted molar refractivity (Wildman–Crippen MR) is 59.3 cm³/mol. The monoisotopic (exact) mass is 195 g/mol. The minimum Gasteiger partial charge on any atom is -0.304 e. The fourth-order valence-electron chi connectivity index (χ4n) is 2.12. The molecule has 0 aromatic rings. The lowest BCUT2D eigenvalue weighted by Gasteiger charge is -2.31. The van der Waals surface area contributed by atoms with E-state index in [2.05, 4.69) is 18.4 Å². The molecule has 2 nitrogen and oxygen atoms in total. The zero-order valence-electron chi connectivity index (χ0n) is 9.17. The van der Waals surface area contributed by atoms with Crippen LogP contribution < -0.4 is 0 Å². The molecule has 0 saturated carbocycles.